The molecule has 1 heterocycles. The normalized spacial score (nSPS) is 20.9. The van der Waals surface area contributed by atoms with E-state index in [-0.39, 0.29) is 13.0 Å². The Hall–Kier alpha value is -0.750. The molecule has 0 N–H and O–H groups in total. The van der Waals surface area contributed by atoms with Gasteiger partial charge in [-0.3, -0.25) is 4.90 Å². The van der Waals surface area contributed by atoms with Crippen LogP contribution in [0.1, 0.15) is 18.4 Å². The minimum Gasteiger partial charge on any atom is -0.496 e. The Morgan fingerprint density at radius 3 is 2.80 bits per heavy atom. The van der Waals surface area contributed by atoms with Crippen LogP contribution in [0.25, 0.3) is 0 Å². The molecular weight excluding hydrogens is 335 g/mol. The van der Waals surface area contributed by atoms with Crippen molar-refractivity contribution in [1.29, 1.82) is 0 Å². The Morgan fingerprint density at radius 2 is 2.15 bits per heavy atom. The number of halogens is 4. The van der Waals surface area contributed by atoms with Gasteiger partial charge in [0, 0.05) is 23.1 Å². The number of hydrogen-bond acceptors (Lipinski definition) is 2. The third-order valence-corrected chi connectivity index (χ3v) is 4.10. The molecule has 1 unspecified atom stereocenters. The SMILES string of the molecule is COc1ccc(Br)cc1CN1CCCC(C(F)(F)F)C1. The fourth-order valence-corrected chi connectivity index (χ4v) is 2.99. The molecule has 0 bridgehead atoms. The van der Waals surface area contributed by atoms with Crippen molar-refractivity contribution in [2.75, 3.05) is 20.2 Å². The number of nitrogens with zero attached hydrogens (tertiary/aromatic N) is 1. The molecule has 1 atom stereocenters. The average molecular weight is 352 g/mol. The van der Waals surface area contributed by atoms with Crippen LogP contribution >= 0.6 is 15.9 Å². The van der Waals surface area contributed by atoms with Gasteiger partial charge in [0.25, 0.3) is 0 Å². The standard InChI is InChI=1S/C14H17BrF3NO/c1-20-13-5-4-12(15)7-10(13)8-19-6-2-3-11(9-19)14(16,17)18/h4-5,7,11H,2-3,6,8-9H2,1H3. The predicted octanol–water partition coefficient (Wildman–Crippen LogP) is 4.23. The van der Waals surface area contributed by atoms with E-state index in [1.807, 2.05) is 23.1 Å². The first kappa shape index (κ1) is 15.6. The Balaban J connectivity index is 2.08. The van der Waals surface area contributed by atoms with Crippen LogP contribution in [0, 0.1) is 5.92 Å². The fourth-order valence-electron chi connectivity index (χ4n) is 2.58. The molecule has 0 amide bonds. The number of likely N-dealkylation sites (tertiary alicyclic amines) is 1. The van der Waals surface area contributed by atoms with Gasteiger partial charge in [-0.25, -0.2) is 0 Å². The molecule has 1 aromatic carbocycles. The molecule has 112 valence electrons. The Labute approximate surface area is 125 Å². The summed E-state index contributed by atoms with van der Waals surface area (Å²) < 4.78 is 44.6. The number of piperidine rings is 1. The van der Waals surface area contributed by atoms with Crippen molar-refractivity contribution in [3.63, 3.8) is 0 Å². The van der Waals surface area contributed by atoms with Crippen LogP contribution in [0.3, 0.4) is 0 Å². The highest BCUT2D eigenvalue weighted by atomic mass is 79.9. The molecular formula is C14H17BrF3NO. The monoisotopic (exact) mass is 351 g/mol. The summed E-state index contributed by atoms with van der Waals surface area (Å²) in [6, 6.07) is 5.58. The maximum Gasteiger partial charge on any atom is 0.393 e. The quantitative estimate of drug-likeness (QED) is 0.807. The number of rotatable bonds is 3. The molecule has 0 radical (unpaired) electrons. The van der Waals surface area contributed by atoms with Crippen LogP contribution in [-0.4, -0.2) is 31.3 Å². The van der Waals surface area contributed by atoms with Crippen LogP contribution in [0.4, 0.5) is 13.2 Å². The summed E-state index contributed by atoms with van der Waals surface area (Å²) in [5, 5.41) is 0. The molecule has 2 rings (SSSR count). The van der Waals surface area contributed by atoms with Gasteiger partial charge < -0.3 is 4.74 Å². The molecule has 0 aromatic heterocycles. The van der Waals surface area contributed by atoms with E-state index in [0.29, 0.717) is 25.3 Å². The van der Waals surface area contributed by atoms with Gasteiger partial charge >= 0.3 is 6.18 Å². The summed E-state index contributed by atoms with van der Waals surface area (Å²) in [4.78, 5) is 1.85. The Bertz CT molecular complexity index is 464. The van der Waals surface area contributed by atoms with Gasteiger partial charge in [0.1, 0.15) is 5.75 Å². The average Bonchev–Trinajstić information content (AvgIpc) is 2.38. The molecule has 1 aliphatic rings. The molecule has 1 aliphatic heterocycles. The zero-order valence-corrected chi connectivity index (χ0v) is 12.8. The highest BCUT2D eigenvalue weighted by Crippen LogP contribution is 2.34. The highest BCUT2D eigenvalue weighted by Gasteiger charge is 2.41. The summed E-state index contributed by atoms with van der Waals surface area (Å²) >= 11 is 3.38. The van der Waals surface area contributed by atoms with E-state index in [1.165, 1.54) is 0 Å². The maximum absolute atomic E-state index is 12.8. The summed E-state index contributed by atoms with van der Waals surface area (Å²) in [6.45, 7) is 1.25. The van der Waals surface area contributed by atoms with Crippen LogP contribution in [0.5, 0.6) is 5.75 Å². The fraction of sp³-hybridized carbons (Fsp3) is 0.571. The minimum absolute atomic E-state index is 0.0686. The zero-order valence-electron chi connectivity index (χ0n) is 11.2. The first-order valence-electron chi connectivity index (χ1n) is 6.51. The van der Waals surface area contributed by atoms with E-state index in [0.717, 1.165) is 10.0 Å². The van der Waals surface area contributed by atoms with Crippen molar-refractivity contribution in [2.45, 2.75) is 25.6 Å². The molecule has 1 saturated heterocycles. The second-order valence-electron chi connectivity index (χ2n) is 5.07. The third-order valence-electron chi connectivity index (χ3n) is 3.60. The molecule has 1 fully saturated rings. The summed E-state index contributed by atoms with van der Waals surface area (Å²) in [5.74, 6) is -0.503. The van der Waals surface area contributed by atoms with Crippen LogP contribution in [0.2, 0.25) is 0 Å². The van der Waals surface area contributed by atoms with Crippen molar-refractivity contribution in [1.82, 2.24) is 4.90 Å². The molecule has 0 aliphatic carbocycles. The molecule has 0 spiro atoms. The first-order valence-corrected chi connectivity index (χ1v) is 7.31. The second kappa shape index (κ2) is 6.35. The van der Waals surface area contributed by atoms with Gasteiger partial charge in [0.15, 0.2) is 0 Å². The highest BCUT2D eigenvalue weighted by molar-refractivity contribution is 9.10. The van der Waals surface area contributed by atoms with E-state index in [9.17, 15) is 13.2 Å². The van der Waals surface area contributed by atoms with E-state index < -0.39 is 12.1 Å². The van der Waals surface area contributed by atoms with Gasteiger partial charge in [0.05, 0.1) is 13.0 Å². The smallest absolute Gasteiger partial charge is 0.393 e. The van der Waals surface area contributed by atoms with Gasteiger partial charge in [0.2, 0.25) is 0 Å². The van der Waals surface area contributed by atoms with E-state index in [2.05, 4.69) is 15.9 Å². The molecule has 1 aromatic rings. The van der Waals surface area contributed by atoms with E-state index >= 15 is 0 Å². The molecule has 0 saturated carbocycles. The lowest BCUT2D eigenvalue weighted by atomic mass is 9.97. The second-order valence-corrected chi connectivity index (χ2v) is 5.99. The largest absolute Gasteiger partial charge is 0.496 e. The summed E-state index contributed by atoms with van der Waals surface area (Å²) in [5.41, 5.74) is 0.907. The third kappa shape index (κ3) is 3.88. The predicted molar refractivity (Wildman–Crippen MR) is 74.8 cm³/mol. The number of hydrogen-bond donors (Lipinski definition) is 0. The molecule has 2 nitrogen and oxygen atoms in total. The zero-order chi connectivity index (χ0) is 14.8. The lowest BCUT2D eigenvalue weighted by Crippen LogP contribution is -2.41. The number of alkyl halides is 3. The van der Waals surface area contributed by atoms with Gasteiger partial charge in [-0.05, 0) is 37.6 Å². The lowest BCUT2D eigenvalue weighted by molar-refractivity contribution is -0.187. The van der Waals surface area contributed by atoms with Crippen molar-refractivity contribution in [3.8, 4) is 5.75 Å². The van der Waals surface area contributed by atoms with Crippen molar-refractivity contribution >= 4 is 15.9 Å². The molecule has 6 heteroatoms. The molecule has 20 heavy (non-hydrogen) atoms. The summed E-state index contributed by atoms with van der Waals surface area (Å²) in [7, 11) is 1.57. The maximum atomic E-state index is 12.8. The van der Waals surface area contributed by atoms with E-state index in [1.54, 1.807) is 7.11 Å². The van der Waals surface area contributed by atoms with E-state index in [4.69, 9.17) is 4.74 Å². The van der Waals surface area contributed by atoms with Crippen molar-refractivity contribution < 1.29 is 17.9 Å². The minimum atomic E-state index is -4.10. The number of methoxy groups -OCH3 is 1. The van der Waals surface area contributed by atoms with Crippen molar-refractivity contribution in [2.24, 2.45) is 5.92 Å². The lowest BCUT2D eigenvalue weighted by Gasteiger charge is -2.34. The topological polar surface area (TPSA) is 12.5 Å². The van der Waals surface area contributed by atoms with Gasteiger partial charge in [-0.1, -0.05) is 15.9 Å². The first-order chi connectivity index (χ1) is 9.40. The van der Waals surface area contributed by atoms with Crippen LogP contribution in [0.15, 0.2) is 22.7 Å². The Kier molecular flexibility index (Phi) is 4.96. The summed E-state index contributed by atoms with van der Waals surface area (Å²) in [6.07, 6.45) is -3.28. The van der Waals surface area contributed by atoms with Gasteiger partial charge in [-0.2, -0.15) is 13.2 Å². The number of ether oxygens (including phenoxy) is 1. The van der Waals surface area contributed by atoms with Gasteiger partial charge in [-0.15, -0.1) is 0 Å². The Morgan fingerprint density at radius 1 is 1.40 bits per heavy atom. The van der Waals surface area contributed by atoms with Crippen LogP contribution in [-0.2, 0) is 6.54 Å². The van der Waals surface area contributed by atoms with Crippen LogP contribution < -0.4 is 4.74 Å². The number of benzene rings is 1. The van der Waals surface area contributed by atoms with Crippen molar-refractivity contribution in [3.05, 3.63) is 28.2 Å².